The number of rotatable bonds is 5. The molecule has 2 unspecified atom stereocenters. The predicted octanol–water partition coefficient (Wildman–Crippen LogP) is 3.74. The molecule has 0 aliphatic heterocycles. The molecular weight excluding hydrogens is 266 g/mol. The first-order chi connectivity index (χ1) is 8.75. The summed E-state index contributed by atoms with van der Waals surface area (Å²) in [6.45, 7) is 0. The second-order valence-corrected chi connectivity index (χ2v) is 6.50. The van der Waals surface area contributed by atoms with E-state index < -0.39 is 0 Å². The van der Waals surface area contributed by atoms with Gasteiger partial charge in [0.1, 0.15) is 0 Å². The summed E-state index contributed by atoms with van der Waals surface area (Å²) in [5, 5.41) is 5.29. The number of carbonyl (C=O) groups is 1. The first-order valence-corrected chi connectivity index (χ1v) is 8.03. The molecule has 1 amide bonds. The van der Waals surface area contributed by atoms with E-state index in [1.54, 1.807) is 11.3 Å². The van der Waals surface area contributed by atoms with Crippen molar-refractivity contribution in [3.8, 4) is 0 Å². The number of carbonyl (C=O) groups excluding carboxylic acids is 1. The van der Waals surface area contributed by atoms with Crippen LogP contribution in [0.5, 0.6) is 0 Å². The number of alkyl halides is 1. The fraction of sp³-hybridized carbons (Fsp3) is 0.643. The van der Waals surface area contributed by atoms with Crippen molar-refractivity contribution in [3.05, 3.63) is 22.4 Å². The highest BCUT2D eigenvalue weighted by molar-refractivity contribution is 7.09. The molecule has 4 heteroatoms. The van der Waals surface area contributed by atoms with Gasteiger partial charge in [0.15, 0.2) is 0 Å². The van der Waals surface area contributed by atoms with Crippen LogP contribution in [0, 0.1) is 0 Å². The van der Waals surface area contributed by atoms with Crippen LogP contribution < -0.4 is 5.32 Å². The van der Waals surface area contributed by atoms with Crippen LogP contribution in [-0.2, 0) is 11.2 Å². The van der Waals surface area contributed by atoms with Crippen molar-refractivity contribution < 1.29 is 4.79 Å². The maximum absolute atomic E-state index is 11.8. The molecule has 0 spiro atoms. The van der Waals surface area contributed by atoms with Crippen LogP contribution in [0.1, 0.15) is 43.4 Å². The van der Waals surface area contributed by atoms with Gasteiger partial charge in [-0.3, -0.25) is 4.79 Å². The van der Waals surface area contributed by atoms with Crippen LogP contribution >= 0.6 is 22.9 Å². The third-order valence-corrected chi connectivity index (χ3v) is 4.89. The Morgan fingerprint density at radius 1 is 1.44 bits per heavy atom. The maximum Gasteiger partial charge on any atom is 0.220 e. The normalized spacial score (nSPS) is 23.8. The minimum atomic E-state index is 0.125. The summed E-state index contributed by atoms with van der Waals surface area (Å²) >= 11 is 7.99. The smallest absolute Gasteiger partial charge is 0.220 e. The Kier molecular flexibility index (Phi) is 5.51. The second-order valence-electron chi connectivity index (χ2n) is 4.91. The summed E-state index contributed by atoms with van der Waals surface area (Å²) in [5.74, 6) is 0.157. The van der Waals surface area contributed by atoms with E-state index in [1.807, 2.05) is 0 Å². The Labute approximate surface area is 118 Å². The van der Waals surface area contributed by atoms with Gasteiger partial charge in [-0.05, 0) is 37.1 Å². The van der Waals surface area contributed by atoms with Crippen LogP contribution in [0.25, 0.3) is 0 Å². The second kappa shape index (κ2) is 7.15. The van der Waals surface area contributed by atoms with Crippen LogP contribution in [0.3, 0.4) is 0 Å². The average Bonchev–Trinajstić information content (AvgIpc) is 2.85. The molecule has 0 saturated heterocycles. The molecule has 1 saturated carbocycles. The molecule has 100 valence electrons. The largest absolute Gasteiger partial charge is 0.352 e. The lowest BCUT2D eigenvalue weighted by Gasteiger charge is -2.27. The number of hydrogen-bond donors (Lipinski definition) is 1. The van der Waals surface area contributed by atoms with E-state index in [0.29, 0.717) is 6.42 Å². The Balaban J connectivity index is 1.65. The van der Waals surface area contributed by atoms with Crippen molar-refractivity contribution in [3.63, 3.8) is 0 Å². The predicted molar refractivity (Wildman–Crippen MR) is 77.3 cm³/mol. The van der Waals surface area contributed by atoms with Gasteiger partial charge in [0, 0.05) is 17.3 Å². The SMILES string of the molecule is O=C(CCCc1cccs1)NC1CCCCC1Cl. The number of thiophene rings is 1. The first kappa shape index (κ1) is 13.9. The minimum Gasteiger partial charge on any atom is -0.352 e. The van der Waals surface area contributed by atoms with Gasteiger partial charge >= 0.3 is 0 Å². The summed E-state index contributed by atoms with van der Waals surface area (Å²) in [6.07, 6.45) is 6.97. The molecule has 0 radical (unpaired) electrons. The summed E-state index contributed by atoms with van der Waals surface area (Å²) in [6, 6.07) is 4.37. The van der Waals surface area contributed by atoms with Gasteiger partial charge in [-0.1, -0.05) is 18.9 Å². The van der Waals surface area contributed by atoms with Gasteiger partial charge in [-0.15, -0.1) is 22.9 Å². The standard InChI is InChI=1S/C14H20ClNOS/c15-12-7-1-2-8-13(12)16-14(17)9-3-5-11-6-4-10-18-11/h4,6,10,12-13H,1-3,5,7-9H2,(H,16,17). The molecule has 0 bridgehead atoms. The van der Waals surface area contributed by atoms with Gasteiger partial charge in [0.2, 0.25) is 5.91 Å². The quantitative estimate of drug-likeness (QED) is 0.821. The van der Waals surface area contributed by atoms with E-state index >= 15 is 0 Å². The zero-order valence-electron chi connectivity index (χ0n) is 10.5. The summed E-state index contributed by atoms with van der Waals surface area (Å²) < 4.78 is 0. The molecule has 18 heavy (non-hydrogen) atoms. The number of halogens is 1. The lowest BCUT2D eigenvalue weighted by atomic mass is 9.95. The van der Waals surface area contributed by atoms with Crippen molar-refractivity contribution in [1.82, 2.24) is 5.32 Å². The number of hydrogen-bond acceptors (Lipinski definition) is 2. The maximum atomic E-state index is 11.8. The fourth-order valence-electron chi connectivity index (χ4n) is 2.41. The lowest BCUT2D eigenvalue weighted by Crippen LogP contribution is -2.42. The third kappa shape index (κ3) is 4.29. The van der Waals surface area contributed by atoms with Crippen LogP contribution in [-0.4, -0.2) is 17.3 Å². The molecule has 1 fully saturated rings. The molecule has 1 aromatic rings. The van der Waals surface area contributed by atoms with Crippen LogP contribution in [0.4, 0.5) is 0 Å². The molecule has 1 aliphatic carbocycles. The molecule has 1 heterocycles. The van der Waals surface area contributed by atoms with Crippen LogP contribution in [0.2, 0.25) is 0 Å². The van der Waals surface area contributed by atoms with Gasteiger partial charge in [0.05, 0.1) is 5.38 Å². The highest BCUT2D eigenvalue weighted by Gasteiger charge is 2.24. The van der Waals surface area contributed by atoms with E-state index in [-0.39, 0.29) is 17.3 Å². The highest BCUT2D eigenvalue weighted by Crippen LogP contribution is 2.23. The highest BCUT2D eigenvalue weighted by atomic mass is 35.5. The molecule has 2 rings (SSSR count). The summed E-state index contributed by atoms with van der Waals surface area (Å²) in [4.78, 5) is 13.2. The van der Waals surface area contributed by atoms with Gasteiger partial charge < -0.3 is 5.32 Å². The Morgan fingerprint density at radius 3 is 3.00 bits per heavy atom. The third-order valence-electron chi connectivity index (χ3n) is 3.44. The molecule has 1 N–H and O–H groups in total. The Bertz CT molecular complexity index is 366. The Hall–Kier alpha value is -0.540. The number of aryl methyl sites for hydroxylation is 1. The molecular formula is C14H20ClNOS. The van der Waals surface area contributed by atoms with Gasteiger partial charge in [0.25, 0.3) is 0 Å². The monoisotopic (exact) mass is 285 g/mol. The zero-order chi connectivity index (χ0) is 12.8. The van der Waals surface area contributed by atoms with Crippen molar-refractivity contribution in [1.29, 1.82) is 0 Å². The minimum absolute atomic E-state index is 0.125. The summed E-state index contributed by atoms with van der Waals surface area (Å²) in [7, 11) is 0. The van der Waals surface area contributed by atoms with Crippen LogP contribution in [0.15, 0.2) is 17.5 Å². The molecule has 0 aromatic carbocycles. The number of nitrogens with one attached hydrogen (secondary N) is 1. The molecule has 2 atom stereocenters. The zero-order valence-corrected chi connectivity index (χ0v) is 12.1. The first-order valence-electron chi connectivity index (χ1n) is 6.71. The van der Waals surface area contributed by atoms with Crippen molar-refractivity contribution in [2.75, 3.05) is 0 Å². The van der Waals surface area contributed by atoms with E-state index in [0.717, 1.165) is 25.7 Å². The van der Waals surface area contributed by atoms with E-state index in [4.69, 9.17) is 11.6 Å². The van der Waals surface area contributed by atoms with Crippen molar-refractivity contribution in [2.45, 2.75) is 56.4 Å². The lowest BCUT2D eigenvalue weighted by molar-refractivity contribution is -0.122. The topological polar surface area (TPSA) is 29.1 Å². The van der Waals surface area contributed by atoms with Crippen molar-refractivity contribution in [2.24, 2.45) is 0 Å². The summed E-state index contributed by atoms with van der Waals surface area (Å²) in [5.41, 5.74) is 0. The van der Waals surface area contributed by atoms with Crippen molar-refractivity contribution >= 4 is 28.8 Å². The Morgan fingerprint density at radius 2 is 2.28 bits per heavy atom. The van der Waals surface area contributed by atoms with E-state index in [9.17, 15) is 4.79 Å². The van der Waals surface area contributed by atoms with Gasteiger partial charge in [-0.2, -0.15) is 0 Å². The average molecular weight is 286 g/mol. The molecule has 2 nitrogen and oxygen atoms in total. The number of amides is 1. The fourth-order valence-corrected chi connectivity index (χ4v) is 3.50. The molecule has 1 aliphatic rings. The van der Waals surface area contributed by atoms with E-state index in [2.05, 4.69) is 22.8 Å². The molecule has 1 aromatic heterocycles. The van der Waals surface area contributed by atoms with Gasteiger partial charge in [-0.25, -0.2) is 0 Å². The van der Waals surface area contributed by atoms with E-state index in [1.165, 1.54) is 17.7 Å².